The SMILES string of the molecule is CCC(CC)CNc1cccc(N2CCCC2)c1. The lowest BCUT2D eigenvalue weighted by atomic mass is 10.0. The molecule has 2 nitrogen and oxygen atoms in total. The van der Waals surface area contributed by atoms with Crippen molar-refractivity contribution in [2.75, 3.05) is 29.9 Å². The topological polar surface area (TPSA) is 15.3 Å². The number of nitrogens with zero attached hydrogens (tertiary/aromatic N) is 1. The van der Waals surface area contributed by atoms with Gasteiger partial charge in [-0.05, 0) is 37.0 Å². The van der Waals surface area contributed by atoms with Crippen molar-refractivity contribution >= 4 is 11.4 Å². The standard InChI is InChI=1S/C16H26N2/c1-3-14(4-2)13-17-15-8-7-9-16(12-15)18-10-5-6-11-18/h7-9,12,14,17H,3-6,10-11,13H2,1-2H3. The summed E-state index contributed by atoms with van der Waals surface area (Å²) < 4.78 is 0. The Morgan fingerprint density at radius 1 is 1.17 bits per heavy atom. The quantitative estimate of drug-likeness (QED) is 0.811. The highest BCUT2D eigenvalue weighted by Gasteiger charge is 2.12. The van der Waals surface area contributed by atoms with Gasteiger partial charge in [0.1, 0.15) is 0 Å². The minimum absolute atomic E-state index is 0.792. The highest BCUT2D eigenvalue weighted by molar-refractivity contribution is 5.58. The monoisotopic (exact) mass is 246 g/mol. The van der Waals surface area contributed by atoms with Crippen LogP contribution in [0.1, 0.15) is 39.5 Å². The average molecular weight is 246 g/mol. The van der Waals surface area contributed by atoms with Crippen LogP contribution in [0.4, 0.5) is 11.4 Å². The molecule has 0 amide bonds. The fraction of sp³-hybridized carbons (Fsp3) is 0.625. The Labute approximate surface area is 111 Å². The van der Waals surface area contributed by atoms with E-state index in [9.17, 15) is 0 Å². The molecule has 1 N–H and O–H groups in total. The van der Waals surface area contributed by atoms with E-state index >= 15 is 0 Å². The van der Waals surface area contributed by atoms with Gasteiger partial charge in [0.2, 0.25) is 0 Å². The number of benzene rings is 1. The molecule has 1 aliphatic rings. The van der Waals surface area contributed by atoms with Gasteiger partial charge in [0.05, 0.1) is 0 Å². The van der Waals surface area contributed by atoms with Crippen LogP contribution in [0.3, 0.4) is 0 Å². The van der Waals surface area contributed by atoms with E-state index < -0.39 is 0 Å². The maximum absolute atomic E-state index is 3.58. The molecule has 0 spiro atoms. The Morgan fingerprint density at radius 3 is 2.56 bits per heavy atom. The summed E-state index contributed by atoms with van der Waals surface area (Å²) in [6.07, 6.45) is 5.20. The van der Waals surface area contributed by atoms with E-state index in [0.717, 1.165) is 12.5 Å². The van der Waals surface area contributed by atoms with E-state index in [1.807, 2.05) is 0 Å². The predicted octanol–water partition coefficient (Wildman–Crippen LogP) is 4.13. The molecule has 1 fully saturated rings. The van der Waals surface area contributed by atoms with E-state index in [1.165, 1.54) is 50.1 Å². The molecule has 1 saturated heterocycles. The van der Waals surface area contributed by atoms with Crippen LogP contribution in [0, 0.1) is 5.92 Å². The Morgan fingerprint density at radius 2 is 1.89 bits per heavy atom. The van der Waals surface area contributed by atoms with Crippen LogP contribution in [0.5, 0.6) is 0 Å². The lowest BCUT2D eigenvalue weighted by Crippen LogP contribution is -2.18. The van der Waals surface area contributed by atoms with Gasteiger partial charge in [0, 0.05) is 31.0 Å². The molecule has 0 unspecified atom stereocenters. The molecule has 0 aliphatic carbocycles. The van der Waals surface area contributed by atoms with Crippen molar-refractivity contribution in [1.82, 2.24) is 0 Å². The van der Waals surface area contributed by atoms with Crippen LogP contribution in [-0.2, 0) is 0 Å². The molecule has 1 aliphatic heterocycles. The molecular weight excluding hydrogens is 220 g/mol. The van der Waals surface area contributed by atoms with E-state index in [1.54, 1.807) is 0 Å². The average Bonchev–Trinajstić information content (AvgIpc) is 2.94. The smallest absolute Gasteiger partial charge is 0.0386 e. The van der Waals surface area contributed by atoms with Gasteiger partial charge in [0.25, 0.3) is 0 Å². The van der Waals surface area contributed by atoms with Gasteiger partial charge in [-0.15, -0.1) is 0 Å². The van der Waals surface area contributed by atoms with Gasteiger partial charge >= 0.3 is 0 Å². The van der Waals surface area contributed by atoms with Gasteiger partial charge in [-0.2, -0.15) is 0 Å². The lowest BCUT2D eigenvalue weighted by Gasteiger charge is -2.19. The summed E-state index contributed by atoms with van der Waals surface area (Å²) in [6, 6.07) is 8.88. The number of nitrogens with one attached hydrogen (secondary N) is 1. The van der Waals surface area contributed by atoms with Gasteiger partial charge in [-0.25, -0.2) is 0 Å². The molecule has 18 heavy (non-hydrogen) atoms. The second-order valence-electron chi connectivity index (χ2n) is 5.31. The van der Waals surface area contributed by atoms with Crippen LogP contribution in [0.15, 0.2) is 24.3 Å². The molecule has 2 rings (SSSR count). The zero-order valence-corrected chi connectivity index (χ0v) is 11.8. The fourth-order valence-electron chi connectivity index (χ4n) is 2.63. The first-order valence-electron chi connectivity index (χ1n) is 7.42. The number of hydrogen-bond donors (Lipinski definition) is 1. The van der Waals surface area contributed by atoms with Crippen molar-refractivity contribution in [2.24, 2.45) is 5.92 Å². The van der Waals surface area contributed by atoms with Crippen molar-refractivity contribution in [3.05, 3.63) is 24.3 Å². The third kappa shape index (κ3) is 3.41. The van der Waals surface area contributed by atoms with E-state index in [4.69, 9.17) is 0 Å². The Balaban J connectivity index is 1.94. The van der Waals surface area contributed by atoms with Gasteiger partial charge in [-0.3, -0.25) is 0 Å². The molecule has 0 atom stereocenters. The third-order valence-corrected chi connectivity index (χ3v) is 4.07. The molecule has 0 aromatic heterocycles. The Kier molecular flexibility index (Phi) is 4.91. The first kappa shape index (κ1) is 13.3. The summed E-state index contributed by atoms with van der Waals surface area (Å²) in [5.74, 6) is 0.792. The van der Waals surface area contributed by atoms with E-state index in [-0.39, 0.29) is 0 Å². The van der Waals surface area contributed by atoms with Gasteiger partial charge in [0.15, 0.2) is 0 Å². The number of anilines is 2. The molecule has 0 bridgehead atoms. The molecule has 1 heterocycles. The molecule has 1 aromatic rings. The number of hydrogen-bond acceptors (Lipinski definition) is 2. The third-order valence-electron chi connectivity index (χ3n) is 4.07. The summed E-state index contributed by atoms with van der Waals surface area (Å²) in [6.45, 7) is 8.08. The lowest BCUT2D eigenvalue weighted by molar-refractivity contribution is 0.519. The Hall–Kier alpha value is -1.18. The molecule has 2 heteroatoms. The molecule has 100 valence electrons. The summed E-state index contributed by atoms with van der Waals surface area (Å²) in [5, 5.41) is 3.58. The Bertz CT molecular complexity index is 352. The maximum atomic E-state index is 3.58. The van der Waals surface area contributed by atoms with E-state index in [2.05, 4.69) is 48.3 Å². The van der Waals surface area contributed by atoms with E-state index in [0.29, 0.717) is 0 Å². The predicted molar refractivity (Wildman–Crippen MR) is 80.5 cm³/mol. The van der Waals surface area contributed by atoms with Crippen LogP contribution in [-0.4, -0.2) is 19.6 Å². The van der Waals surface area contributed by atoms with Crippen molar-refractivity contribution in [1.29, 1.82) is 0 Å². The first-order valence-corrected chi connectivity index (χ1v) is 7.42. The van der Waals surface area contributed by atoms with Crippen molar-refractivity contribution in [3.63, 3.8) is 0 Å². The van der Waals surface area contributed by atoms with Crippen molar-refractivity contribution < 1.29 is 0 Å². The maximum Gasteiger partial charge on any atom is 0.0386 e. The van der Waals surface area contributed by atoms with Crippen molar-refractivity contribution in [3.8, 4) is 0 Å². The highest BCUT2D eigenvalue weighted by Crippen LogP contribution is 2.23. The minimum Gasteiger partial charge on any atom is -0.385 e. The summed E-state index contributed by atoms with van der Waals surface area (Å²) in [7, 11) is 0. The summed E-state index contributed by atoms with van der Waals surface area (Å²) >= 11 is 0. The first-order chi connectivity index (χ1) is 8.83. The minimum atomic E-state index is 0.792. The molecule has 0 saturated carbocycles. The molecule has 0 radical (unpaired) electrons. The highest BCUT2D eigenvalue weighted by atomic mass is 15.1. The zero-order chi connectivity index (χ0) is 12.8. The van der Waals surface area contributed by atoms with Gasteiger partial charge < -0.3 is 10.2 Å². The van der Waals surface area contributed by atoms with Crippen LogP contribution >= 0.6 is 0 Å². The molecular formula is C16H26N2. The second kappa shape index (κ2) is 6.67. The summed E-state index contributed by atoms with van der Waals surface area (Å²) in [5.41, 5.74) is 2.65. The molecule has 1 aromatic carbocycles. The largest absolute Gasteiger partial charge is 0.385 e. The normalized spacial score (nSPS) is 15.4. The van der Waals surface area contributed by atoms with Gasteiger partial charge in [-0.1, -0.05) is 32.8 Å². The van der Waals surface area contributed by atoms with Crippen molar-refractivity contribution in [2.45, 2.75) is 39.5 Å². The van der Waals surface area contributed by atoms with Crippen LogP contribution in [0.2, 0.25) is 0 Å². The summed E-state index contributed by atoms with van der Waals surface area (Å²) in [4.78, 5) is 2.49. The van der Waals surface area contributed by atoms with Crippen LogP contribution in [0.25, 0.3) is 0 Å². The second-order valence-corrected chi connectivity index (χ2v) is 5.31. The van der Waals surface area contributed by atoms with Crippen LogP contribution < -0.4 is 10.2 Å². The zero-order valence-electron chi connectivity index (χ0n) is 11.8. The number of rotatable bonds is 6. The fourth-order valence-corrected chi connectivity index (χ4v) is 2.63.